The minimum absolute atomic E-state index is 0.0158. The summed E-state index contributed by atoms with van der Waals surface area (Å²) in [4.78, 5) is 0.0158. The molecule has 4 nitrogen and oxygen atoms in total. The van der Waals surface area contributed by atoms with Crippen LogP contribution < -0.4 is 4.72 Å². The number of phenolic OH excluding ortho intramolecular Hbond substituents is 1. The SMILES string of the molecule is Cc1cc(NS(=O)(=O)c2ccc(Cl)c(Cl)c2)c(C)cc1O. The zero-order valence-corrected chi connectivity index (χ0v) is 13.6. The van der Waals surface area contributed by atoms with Crippen LogP contribution in [0.15, 0.2) is 35.2 Å². The average molecular weight is 346 g/mol. The number of anilines is 1. The van der Waals surface area contributed by atoms with Crippen LogP contribution in [0, 0.1) is 13.8 Å². The van der Waals surface area contributed by atoms with E-state index in [0.717, 1.165) is 0 Å². The van der Waals surface area contributed by atoms with Gasteiger partial charge in [0.15, 0.2) is 0 Å². The normalized spacial score (nSPS) is 11.4. The van der Waals surface area contributed by atoms with Crippen molar-refractivity contribution in [3.05, 3.63) is 51.5 Å². The highest BCUT2D eigenvalue weighted by molar-refractivity contribution is 7.92. The highest BCUT2D eigenvalue weighted by atomic mass is 35.5. The Bertz CT molecular complexity index is 804. The summed E-state index contributed by atoms with van der Waals surface area (Å²) in [5, 5.41) is 10.0. The lowest BCUT2D eigenvalue weighted by atomic mass is 10.1. The van der Waals surface area contributed by atoms with Gasteiger partial charge < -0.3 is 5.11 Å². The van der Waals surface area contributed by atoms with Gasteiger partial charge >= 0.3 is 0 Å². The Morgan fingerprint density at radius 1 is 1.00 bits per heavy atom. The molecular weight excluding hydrogens is 333 g/mol. The molecule has 0 heterocycles. The summed E-state index contributed by atoms with van der Waals surface area (Å²) in [6, 6.07) is 7.16. The van der Waals surface area contributed by atoms with Gasteiger partial charge in [-0.15, -0.1) is 0 Å². The third kappa shape index (κ3) is 3.43. The maximum atomic E-state index is 12.3. The summed E-state index contributed by atoms with van der Waals surface area (Å²) in [6.45, 7) is 3.39. The smallest absolute Gasteiger partial charge is 0.261 e. The van der Waals surface area contributed by atoms with Crippen LogP contribution in [0.25, 0.3) is 0 Å². The Kier molecular flexibility index (Phi) is 4.37. The van der Waals surface area contributed by atoms with Crippen LogP contribution in [0.2, 0.25) is 10.0 Å². The fraction of sp³-hybridized carbons (Fsp3) is 0.143. The molecule has 0 aromatic heterocycles. The Labute approximate surface area is 133 Å². The zero-order valence-electron chi connectivity index (χ0n) is 11.3. The van der Waals surface area contributed by atoms with Crippen molar-refractivity contribution < 1.29 is 13.5 Å². The van der Waals surface area contributed by atoms with Gasteiger partial charge in [0, 0.05) is 0 Å². The number of benzene rings is 2. The number of rotatable bonds is 3. The fourth-order valence-corrected chi connectivity index (χ4v) is 3.27. The summed E-state index contributed by atoms with van der Waals surface area (Å²) in [7, 11) is -3.78. The first-order chi connectivity index (χ1) is 9.70. The second kappa shape index (κ2) is 5.75. The highest BCUT2D eigenvalue weighted by Crippen LogP contribution is 2.29. The number of hydrogen-bond acceptors (Lipinski definition) is 3. The Morgan fingerprint density at radius 2 is 1.67 bits per heavy atom. The van der Waals surface area contributed by atoms with Crippen molar-refractivity contribution in [1.29, 1.82) is 0 Å². The first-order valence-electron chi connectivity index (χ1n) is 5.99. The van der Waals surface area contributed by atoms with E-state index in [-0.39, 0.29) is 20.7 Å². The molecule has 112 valence electrons. The number of halogens is 2. The molecule has 2 rings (SSSR count). The van der Waals surface area contributed by atoms with Crippen LogP contribution in [0.3, 0.4) is 0 Å². The summed E-state index contributed by atoms with van der Waals surface area (Å²) in [5.41, 5.74) is 1.59. The number of phenols is 1. The van der Waals surface area contributed by atoms with Crippen molar-refractivity contribution in [2.45, 2.75) is 18.7 Å². The minimum Gasteiger partial charge on any atom is -0.508 e. The van der Waals surface area contributed by atoms with Gasteiger partial charge in [0.2, 0.25) is 0 Å². The lowest BCUT2D eigenvalue weighted by Crippen LogP contribution is -2.14. The molecule has 0 bridgehead atoms. The van der Waals surface area contributed by atoms with Gasteiger partial charge in [0.25, 0.3) is 10.0 Å². The molecule has 0 aliphatic carbocycles. The maximum Gasteiger partial charge on any atom is 0.261 e. The molecule has 0 radical (unpaired) electrons. The summed E-state index contributed by atoms with van der Waals surface area (Å²) in [6.07, 6.45) is 0. The van der Waals surface area contributed by atoms with Crippen molar-refractivity contribution in [1.82, 2.24) is 0 Å². The van der Waals surface area contributed by atoms with E-state index in [4.69, 9.17) is 23.2 Å². The molecule has 2 aromatic rings. The first-order valence-corrected chi connectivity index (χ1v) is 8.22. The number of nitrogens with one attached hydrogen (secondary N) is 1. The predicted octanol–water partition coefficient (Wildman–Crippen LogP) is 4.12. The molecular formula is C14H13Cl2NO3S. The Balaban J connectivity index is 2.42. The van der Waals surface area contributed by atoms with Crippen LogP contribution >= 0.6 is 23.2 Å². The largest absolute Gasteiger partial charge is 0.508 e. The van der Waals surface area contributed by atoms with E-state index >= 15 is 0 Å². The molecule has 0 amide bonds. The molecule has 0 spiro atoms. The second-order valence-corrected chi connectivity index (χ2v) is 7.13. The minimum atomic E-state index is -3.78. The van der Waals surface area contributed by atoms with Gasteiger partial charge in [0.1, 0.15) is 5.75 Å². The number of aromatic hydroxyl groups is 1. The van der Waals surface area contributed by atoms with Crippen LogP contribution in [-0.2, 0) is 10.0 Å². The van der Waals surface area contributed by atoms with E-state index in [1.807, 2.05) is 0 Å². The monoisotopic (exact) mass is 345 g/mol. The van der Waals surface area contributed by atoms with Crippen molar-refractivity contribution in [2.24, 2.45) is 0 Å². The van der Waals surface area contributed by atoms with Gasteiger partial charge in [-0.3, -0.25) is 4.72 Å². The third-order valence-corrected chi connectivity index (χ3v) is 5.09. The molecule has 7 heteroatoms. The quantitative estimate of drug-likeness (QED) is 0.822. The molecule has 0 unspecified atom stereocenters. The van der Waals surface area contributed by atoms with Crippen LogP contribution in [-0.4, -0.2) is 13.5 Å². The summed E-state index contributed by atoms with van der Waals surface area (Å²) < 4.78 is 27.2. The van der Waals surface area contributed by atoms with Gasteiger partial charge in [-0.1, -0.05) is 23.2 Å². The molecule has 21 heavy (non-hydrogen) atoms. The van der Waals surface area contributed by atoms with E-state index in [0.29, 0.717) is 16.8 Å². The van der Waals surface area contributed by atoms with E-state index in [2.05, 4.69) is 4.72 Å². The standard InChI is InChI=1S/C14H13Cl2NO3S/c1-8-6-14(18)9(2)5-13(8)17-21(19,20)10-3-4-11(15)12(16)7-10/h3-7,17-18H,1-2H3. The lowest BCUT2D eigenvalue weighted by molar-refractivity contribution is 0.471. The molecule has 0 saturated carbocycles. The van der Waals surface area contributed by atoms with Gasteiger partial charge in [-0.05, 0) is 55.3 Å². The lowest BCUT2D eigenvalue weighted by Gasteiger charge is -2.12. The maximum absolute atomic E-state index is 12.3. The molecule has 0 fully saturated rings. The molecule has 0 saturated heterocycles. The van der Waals surface area contributed by atoms with Crippen LogP contribution in [0.4, 0.5) is 5.69 Å². The molecule has 2 N–H and O–H groups in total. The predicted molar refractivity (Wildman–Crippen MR) is 84.9 cm³/mol. The number of aryl methyl sites for hydroxylation is 2. The van der Waals surface area contributed by atoms with Crippen LogP contribution in [0.1, 0.15) is 11.1 Å². The van der Waals surface area contributed by atoms with Crippen molar-refractivity contribution in [3.8, 4) is 5.75 Å². The van der Waals surface area contributed by atoms with Gasteiger partial charge in [-0.25, -0.2) is 8.42 Å². The summed E-state index contributed by atoms with van der Waals surface area (Å²) in [5.74, 6) is 0.116. The van der Waals surface area contributed by atoms with Crippen molar-refractivity contribution >= 4 is 38.9 Å². The zero-order chi connectivity index (χ0) is 15.8. The molecule has 2 aromatic carbocycles. The second-order valence-electron chi connectivity index (χ2n) is 4.64. The first kappa shape index (κ1) is 15.9. The van der Waals surface area contributed by atoms with Crippen molar-refractivity contribution in [2.75, 3.05) is 4.72 Å². The Morgan fingerprint density at radius 3 is 2.29 bits per heavy atom. The average Bonchev–Trinajstić information content (AvgIpc) is 2.39. The number of sulfonamides is 1. The fourth-order valence-electron chi connectivity index (χ4n) is 1.76. The third-order valence-electron chi connectivity index (χ3n) is 2.99. The van der Waals surface area contributed by atoms with Crippen molar-refractivity contribution in [3.63, 3.8) is 0 Å². The topological polar surface area (TPSA) is 66.4 Å². The highest BCUT2D eigenvalue weighted by Gasteiger charge is 2.17. The molecule has 0 atom stereocenters. The molecule has 0 aliphatic rings. The van der Waals surface area contributed by atoms with Crippen LogP contribution in [0.5, 0.6) is 5.75 Å². The van der Waals surface area contributed by atoms with E-state index in [9.17, 15) is 13.5 Å². The van der Waals surface area contributed by atoms with E-state index < -0.39 is 10.0 Å². The van der Waals surface area contributed by atoms with Gasteiger partial charge in [-0.2, -0.15) is 0 Å². The summed E-state index contributed by atoms with van der Waals surface area (Å²) >= 11 is 11.6. The Hall–Kier alpha value is -1.43. The van der Waals surface area contributed by atoms with E-state index in [1.54, 1.807) is 19.9 Å². The van der Waals surface area contributed by atoms with E-state index in [1.165, 1.54) is 24.3 Å². The molecule has 0 aliphatic heterocycles. The van der Waals surface area contributed by atoms with Gasteiger partial charge in [0.05, 0.1) is 20.6 Å². The number of hydrogen-bond donors (Lipinski definition) is 2.